The molecule has 2 amide bonds. The summed E-state index contributed by atoms with van der Waals surface area (Å²) in [6.45, 7) is 7.93. The van der Waals surface area contributed by atoms with Crippen LogP contribution in [0.15, 0.2) is 66.7 Å². The molecule has 3 rings (SSSR count). The number of nitrogens with zero attached hydrogens (tertiary/aromatic N) is 1. The minimum atomic E-state index is -0.909. The standard InChI is InChI=1S/C34H45N3O5/c1-5-13-37(14-6-2)34(41)29-16-24(3)15-28(20-29)33(40)36-31(19-25-9-7-11-27(17-25)23-38)32(39)22-35-21-26-10-8-12-30(18-26)42-4/h7-12,15-18,20,31-32,35,38-39H,5-6,13-14,19,21-23H2,1-4H3,(H,36,40)/t31-,32+/m0/s1. The van der Waals surface area contributed by atoms with E-state index >= 15 is 0 Å². The zero-order valence-electron chi connectivity index (χ0n) is 25.2. The van der Waals surface area contributed by atoms with E-state index in [1.807, 2.05) is 80.3 Å². The molecule has 0 heterocycles. The minimum Gasteiger partial charge on any atom is -0.497 e. The Morgan fingerprint density at radius 1 is 0.905 bits per heavy atom. The van der Waals surface area contributed by atoms with Crippen LogP contribution < -0.4 is 15.4 Å². The fourth-order valence-corrected chi connectivity index (χ4v) is 5.01. The van der Waals surface area contributed by atoms with E-state index in [0.717, 1.165) is 40.8 Å². The molecule has 226 valence electrons. The smallest absolute Gasteiger partial charge is 0.253 e. The molecule has 0 aliphatic rings. The first kappa shape index (κ1) is 32.8. The molecule has 8 nitrogen and oxygen atoms in total. The van der Waals surface area contributed by atoms with Crippen molar-refractivity contribution in [1.29, 1.82) is 0 Å². The maximum atomic E-state index is 13.6. The minimum absolute atomic E-state index is 0.0874. The molecule has 3 aromatic carbocycles. The molecule has 0 fully saturated rings. The predicted molar refractivity (Wildman–Crippen MR) is 166 cm³/mol. The number of aliphatic hydroxyl groups is 2. The second kappa shape index (κ2) is 16.7. The van der Waals surface area contributed by atoms with Gasteiger partial charge in [-0.1, -0.05) is 50.2 Å². The van der Waals surface area contributed by atoms with Gasteiger partial charge in [0.05, 0.1) is 25.9 Å². The number of methoxy groups -OCH3 is 1. The molecule has 2 atom stereocenters. The number of hydrogen-bond donors (Lipinski definition) is 4. The Morgan fingerprint density at radius 2 is 1.57 bits per heavy atom. The van der Waals surface area contributed by atoms with Crippen LogP contribution in [0, 0.1) is 6.92 Å². The quantitative estimate of drug-likeness (QED) is 0.203. The Hall–Kier alpha value is -3.72. The van der Waals surface area contributed by atoms with Crippen LogP contribution in [-0.2, 0) is 19.6 Å². The normalized spacial score (nSPS) is 12.4. The third kappa shape index (κ3) is 9.69. The van der Waals surface area contributed by atoms with Gasteiger partial charge < -0.3 is 30.5 Å². The van der Waals surface area contributed by atoms with Crippen LogP contribution in [-0.4, -0.2) is 65.8 Å². The number of rotatable bonds is 16. The van der Waals surface area contributed by atoms with Crippen LogP contribution in [0.2, 0.25) is 0 Å². The molecule has 4 N–H and O–H groups in total. The monoisotopic (exact) mass is 575 g/mol. The Balaban J connectivity index is 1.79. The molecule has 0 aliphatic heterocycles. The molecule has 8 heteroatoms. The first-order valence-electron chi connectivity index (χ1n) is 14.7. The lowest BCUT2D eigenvalue weighted by Crippen LogP contribution is -2.48. The number of ether oxygens (including phenoxy) is 1. The number of carbonyl (C=O) groups is 2. The molecule has 0 aliphatic carbocycles. The van der Waals surface area contributed by atoms with Gasteiger partial charge >= 0.3 is 0 Å². The molecule has 0 spiro atoms. The van der Waals surface area contributed by atoms with E-state index in [0.29, 0.717) is 37.2 Å². The molecular formula is C34H45N3O5. The van der Waals surface area contributed by atoms with Crippen molar-refractivity contribution in [1.82, 2.24) is 15.5 Å². The first-order chi connectivity index (χ1) is 20.3. The summed E-state index contributed by atoms with van der Waals surface area (Å²) in [6, 6.07) is 19.7. The number of aliphatic hydroxyl groups excluding tert-OH is 2. The lowest BCUT2D eigenvalue weighted by molar-refractivity contribution is 0.0755. The van der Waals surface area contributed by atoms with Crippen molar-refractivity contribution >= 4 is 11.8 Å². The number of carbonyl (C=O) groups excluding carboxylic acids is 2. The van der Waals surface area contributed by atoms with Crippen LogP contribution in [0.25, 0.3) is 0 Å². The molecule has 3 aromatic rings. The van der Waals surface area contributed by atoms with Crippen molar-refractivity contribution in [2.24, 2.45) is 0 Å². The molecule has 0 saturated carbocycles. The highest BCUT2D eigenvalue weighted by atomic mass is 16.5. The Bertz CT molecular complexity index is 1310. The van der Waals surface area contributed by atoms with Gasteiger partial charge in [0.1, 0.15) is 5.75 Å². The Kier molecular flexibility index (Phi) is 13.0. The maximum absolute atomic E-state index is 13.6. The second-order valence-corrected chi connectivity index (χ2v) is 10.7. The predicted octanol–water partition coefficient (Wildman–Crippen LogP) is 4.25. The van der Waals surface area contributed by atoms with Crippen molar-refractivity contribution in [3.63, 3.8) is 0 Å². The summed E-state index contributed by atoms with van der Waals surface area (Å²) in [5.74, 6) is 0.309. The average molecular weight is 576 g/mol. The van der Waals surface area contributed by atoms with Gasteiger partial charge in [-0.15, -0.1) is 0 Å². The molecule has 0 unspecified atom stereocenters. The van der Waals surface area contributed by atoms with Crippen molar-refractivity contribution in [3.8, 4) is 5.75 Å². The first-order valence-corrected chi connectivity index (χ1v) is 14.7. The topological polar surface area (TPSA) is 111 Å². The molecule has 0 bridgehead atoms. The highest BCUT2D eigenvalue weighted by Gasteiger charge is 2.24. The fraction of sp³-hybridized carbons (Fsp3) is 0.412. The summed E-state index contributed by atoms with van der Waals surface area (Å²) in [4.78, 5) is 28.7. The third-order valence-electron chi connectivity index (χ3n) is 7.09. The van der Waals surface area contributed by atoms with Crippen LogP contribution in [0.1, 0.15) is 69.7 Å². The van der Waals surface area contributed by atoms with E-state index in [1.54, 1.807) is 19.2 Å². The summed E-state index contributed by atoms with van der Waals surface area (Å²) in [5, 5.41) is 27.1. The summed E-state index contributed by atoms with van der Waals surface area (Å²) in [7, 11) is 1.62. The van der Waals surface area contributed by atoms with E-state index in [-0.39, 0.29) is 25.0 Å². The zero-order chi connectivity index (χ0) is 30.5. The van der Waals surface area contributed by atoms with E-state index < -0.39 is 12.1 Å². The van der Waals surface area contributed by atoms with Gasteiger partial charge in [0.15, 0.2) is 0 Å². The summed E-state index contributed by atoms with van der Waals surface area (Å²) in [5.41, 5.74) is 4.32. The van der Waals surface area contributed by atoms with E-state index in [9.17, 15) is 19.8 Å². The SMILES string of the molecule is CCCN(CCC)C(=O)c1cc(C)cc(C(=O)N[C@@H](Cc2cccc(CO)c2)[C@H](O)CNCc2cccc(OC)c2)c1. The van der Waals surface area contributed by atoms with Gasteiger partial charge in [-0.3, -0.25) is 9.59 Å². The average Bonchev–Trinajstić information content (AvgIpc) is 3.00. The lowest BCUT2D eigenvalue weighted by Gasteiger charge is -2.26. The zero-order valence-corrected chi connectivity index (χ0v) is 25.2. The van der Waals surface area contributed by atoms with Crippen molar-refractivity contribution < 1.29 is 24.5 Å². The van der Waals surface area contributed by atoms with Crippen LogP contribution in [0.5, 0.6) is 5.75 Å². The van der Waals surface area contributed by atoms with Crippen molar-refractivity contribution in [2.45, 2.75) is 65.3 Å². The van der Waals surface area contributed by atoms with Crippen LogP contribution >= 0.6 is 0 Å². The molecule has 42 heavy (non-hydrogen) atoms. The summed E-state index contributed by atoms with van der Waals surface area (Å²) >= 11 is 0. The van der Waals surface area contributed by atoms with Gasteiger partial charge in [-0.05, 0) is 78.8 Å². The number of hydrogen-bond acceptors (Lipinski definition) is 6. The van der Waals surface area contributed by atoms with E-state index in [2.05, 4.69) is 10.6 Å². The number of nitrogens with one attached hydrogen (secondary N) is 2. The van der Waals surface area contributed by atoms with Crippen LogP contribution in [0.4, 0.5) is 0 Å². The number of amides is 2. The highest BCUT2D eigenvalue weighted by Crippen LogP contribution is 2.16. The number of aryl methyl sites for hydroxylation is 1. The Morgan fingerprint density at radius 3 is 2.26 bits per heavy atom. The van der Waals surface area contributed by atoms with Gasteiger partial charge in [-0.2, -0.15) is 0 Å². The highest BCUT2D eigenvalue weighted by molar-refractivity contribution is 6.00. The maximum Gasteiger partial charge on any atom is 0.253 e. The molecular weight excluding hydrogens is 530 g/mol. The van der Waals surface area contributed by atoms with Crippen molar-refractivity contribution in [2.75, 3.05) is 26.7 Å². The van der Waals surface area contributed by atoms with Crippen LogP contribution in [0.3, 0.4) is 0 Å². The molecule has 0 aromatic heterocycles. The van der Waals surface area contributed by atoms with Gasteiger partial charge in [0.2, 0.25) is 0 Å². The van der Waals surface area contributed by atoms with Gasteiger partial charge in [0.25, 0.3) is 11.8 Å². The summed E-state index contributed by atoms with van der Waals surface area (Å²) in [6.07, 6.45) is 1.16. The summed E-state index contributed by atoms with van der Waals surface area (Å²) < 4.78 is 5.29. The Labute approximate surface area is 249 Å². The van der Waals surface area contributed by atoms with Gasteiger partial charge in [-0.25, -0.2) is 0 Å². The van der Waals surface area contributed by atoms with E-state index in [1.165, 1.54) is 0 Å². The van der Waals surface area contributed by atoms with E-state index in [4.69, 9.17) is 4.74 Å². The van der Waals surface area contributed by atoms with Crippen molar-refractivity contribution in [3.05, 3.63) is 100 Å². The largest absolute Gasteiger partial charge is 0.497 e. The lowest BCUT2D eigenvalue weighted by atomic mass is 9.98. The number of benzene rings is 3. The third-order valence-corrected chi connectivity index (χ3v) is 7.09. The second-order valence-electron chi connectivity index (χ2n) is 10.7. The molecule has 0 saturated heterocycles. The fourth-order valence-electron chi connectivity index (χ4n) is 5.01. The molecule has 0 radical (unpaired) electrons. The van der Waals surface area contributed by atoms with Gasteiger partial charge in [0, 0.05) is 37.3 Å².